The van der Waals surface area contributed by atoms with E-state index in [9.17, 15) is 4.79 Å². The van der Waals surface area contributed by atoms with Gasteiger partial charge in [-0.25, -0.2) is 0 Å². The number of hydrogen-bond donors (Lipinski definition) is 0. The SMILES string of the molecule is COc1ccc(CCC2(CCc3ccccc3)C(OCc3ccccc3)C(=O)N2Cc2ccc(OC)cc2)cc1. The van der Waals surface area contributed by atoms with Crippen LogP contribution in [0.1, 0.15) is 35.1 Å². The van der Waals surface area contributed by atoms with Crippen LogP contribution in [0.4, 0.5) is 0 Å². The van der Waals surface area contributed by atoms with E-state index < -0.39 is 11.6 Å². The molecule has 5 heteroatoms. The molecule has 4 aromatic carbocycles. The second-order valence-electron chi connectivity index (χ2n) is 10.4. The maximum Gasteiger partial charge on any atom is 0.255 e. The molecule has 2 unspecified atom stereocenters. The van der Waals surface area contributed by atoms with Gasteiger partial charge in [0.2, 0.25) is 0 Å². The van der Waals surface area contributed by atoms with Crippen molar-refractivity contribution in [3.8, 4) is 11.5 Å². The Kier molecular flexibility index (Phi) is 8.82. The van der Waals surface area contributed by atoms with E-state index in [0.29, 0.717) is 13.2 Å². The van der Waals surface area contributed by atoms with E-state index in [1.54, 1.807) is 14.2 Å². The third-order valence-corrected chi connectivity index (χ3v) is 7.97. The normalized spacial score (nSPS) is 18.3. The molecule has 5 nitrogen and oxygen atoms in total. The van der Waals surface area contributed by atoms with Gasteiger partial charge >= 0.3 is 0 Å². The van der Waals surface area contributed by atoms with E-state index >= 15 is 0 Å². The molecule has 1 aliphatic rings. The zero-order valence-corrected chi connectivity index (χ0v) is 23.3. The molecular weight excluding hydrogens is 498 g/mol. The van der Waals surface area contributed by atoms with Crippen molar-refractivity contribution in [3.05, 3.63) is 131 Å². The number of aryl methyl sites for hydroxylation is 2. The lowest BCUT2D eigenvalue weighted by molar-refractivity contribution is -0.202. The average molecular weight is 536 g/mol. The minimum atomic E-state index is -0.507. The van der Waals surface area contributed by atoms with Crippen LogP contribution in [0.3, 0.4) is 0 Å². The smallest absolute Gasteiger partial charge is 0.255 e. The lowest BCUT2D eigenvalue weighted by Gasteiger charge is -2.58. The van der Waals surface area contributed by atoms with Crippen LogP contribution in [0.2, 0.25) is 0 Å². The summed E-state index contributed by atoms with van der Waals surface area (Å²) in [5.41, 5.74) is 4.17. The van der Waals surface area contributed by atoms with E-state index in [0.717, 1.165) is 48.3 Å². The number of ether oxygens (including phenoxy) is 3. The van der Waals surface area contributed by atoms with Gasteiger partial charge in [-0.1, -0.05) is 84.9 Å². The molecule has 0 aliphatic carbocycles. The van der Waals surface area contributed by atoms with Gasteiger partial charge < -0.3 is 19.1 Å². The number of carbonyl (C=O) groups excluding carboxylic acids is 1. The van der Waals surface area contributed by atoms with Gasteiger partial charge in [0.05, 0.1) is 26.4 Å². The highest BCUT2D eigenvalue weighted by Crippen LogP contribution is 2.44. The van der Waals surface area contributed by atoms with E-state index in [1.165, 1.54) is 11.1 Å². The van der Waals surface area contributed by atoms with Crippen LogP contribution in [0, 0.1) is 0 Å². The van der Waals surface area contributed by atoms with Crippen LogP contribution in [0.25, 0.3) is 0 Å². The molecule has 0 bridgehead atoms. The molecule has 206 valence electrons. The van der Waals surface area contributed by atoms with Crippen molar-refractivity contribution in [2.24, 2.45) is 0 Å². The van der Waals surface area contributed by atoms with Gasteiger partial charge in [-0.05, 0) is 72.2 Å². The number of hydrogen-bond acceptors (Lipinski definition) is 4. The number of carbonyl (C=O) groups is 1. The fourth-order valence-corrected chi connectivity index (χ4v) is 5.61. The summed E-state index contributed by atoms with van der Waals surface area (Å²) in [5.74, 6) is 1.69. The Bertz CT molecular complexity index is 1360. The molecule has 0 radical (unpaired) electrons. The standard InChI is InChI=1S/C35H37NO4/c1-38-31-17-13-28(14-18-31)22-24-35(23-21-27-9-5-3-6-10-27)33(40-26-30-11-7-4-8-12-30)34(37)36(35)25-29-15-19-32(39-2)20-16-29/h3-20,33H,21-26H2,1-2H3. The van der Waals surface area contributed by atoms with Crippen LogP contribution >= 0.6 is 0 Å². The minimum Gasteiger partial charge on any atom is -0.497 e. The Hall–Kier alpha value is -4.09. The number of amides is 1. The monoisotopic (exact) mass is 535 g/mol. The summed E-state index contributed by atoms with van der Waals surface area (Å²) in [6.07, 6.45) is 2.80. The molecule has 0 saturated carbocycles. The number of β-lactam (4-membered cyclic amide) rings is 1. The van der Waals surface area contributed by atoms with Crippen LogP contribution < -0.4 is 9.47 Å². The molecule has 2 atom stereocenters. The van der Waals surface area contributed by atoms with Crippen molar-refractivity contribution in [1.29, 1.82) is 0 Å². The molecule has 4 aromatic rings. The topological polar surface area (TPSA) is 48.0 Å². The molecule has 0 N–H and O–H groups in total. The lowest BCUT2D eigenvalue weighted by atomic mass is 9.72. The summed E-state index contributed by atoms with van der Waals surface area (Å²) in [6.45, 7) is 0.939. The predicted molar refractivity (Wildman–Crippen MR) is 157 cm³/mol. The molecule has 1 amide bonds. The number of nitrogens with zero attached hydrogens (tertiary/aromatic N) is 1. The van der Waals surface area contributed by atoms with Crippen LogP contribution in [0.15, 0.2) is 109 Å². The number of rotatable bonds is 13. The molecule has 0 aromatic heterocycles. The largest absolute Gasteiger partial charge is 0.497 e. The zero-order valence-electron chi connectivity index (χ0n) is 23.3. The Morgan fingerprint density at radius 2 is 1.10 bits per heavy atom. The van der Waals surface area contributed by atoms with Crippen LogP contribution in [-0.4, -0.2) is 36.7 Å². The highest BCUT2D eigenvalue weighted by Gasteiger charge is 2.59. The van der Waals surface area contributed by atoms with E-state index in [4.69, 9.17) is 14.2 Å². The molecule has 1 heterocycles. The van der Waals surface area contributed by atoms with Gasteiger partial charge in [0.1, 0.15) is 11.5 Å². The van der Waals surface area contributed by atoms with Crippen molar-refractivity contribution >= 4 is 5.91 Å². The first-order valence-corrected chi connectivity index (χ1v) is 13.9. The summed E-state index contributed by atoms with van der Waals surface area (Å²) < 4.78 is 17.2. The first kappa shape index (κ1) is 27.5. The van der Waals surface area contributed by atoms with Gasteiger partial charge in [0, 0.05) is 6.54 Å². The third kappa shape index (κ3) is 6.21. The van der Waals surface area contributed by atoms with Crippen LogP contribution in [-0.2, 0) is 35.5 Å². The minimum absolute atomic E-state index is 0.0505. The number of likely N-dealkylation sites (tertiary alicyclic amines) is 1. The molecular formula is C35H37NO4. The molecule has 5 rings (SSSR count). The summed E-state index contributed by atoms with van der Waals surface area (Å²) in [4.78, 5) is 15.8. The Morgan fingerprint density at radius 3 is 1.62 bits per heavy atom. The van der Waals surface area contributed by atoms with Crippen molar-refractivity contribution in [2.45, 2.75) is 50.5 Å². The van der Waals surface area contributed by atoms with Crippen LogP contribution in [0.5, 0.6) is 11.5 Å². The van der Waals surface area contributed by atoms with E-state index in [1.807, 2.05) is 72.8 Å². The van der Waals surface area contributed by atoms with Gasteiger partial charge in [-0.3, -0.25) is 4.79 Å². The van der Waals surface area contributed by atoms with Gasteiger partial charge in [0.25, 0.3) is 5.91 Å². The molecule has 0 spiro atoms. The van der Waals surface area contributed by atoms with Crippen molar-refractivity contribution in [3.63, 3.8) is 0 Å². The van der Waals surface area contributed by atoms with Crippen molar-refractivity contribution in [1.82, 2.24) is 4.90 Å². The maximum absolute atomic E-state index is 13.8. The summed E-state index contributed by atoms with van der Waals surface area (Å²) in [6, 6.07) is 36.8. The summed E-state index contributed by atoms with van der Waals surface area (Å²) in [5, 5.41) is 0. The van der Waals surface area contributed by atoms with Crippen molar-refractivity contribution in [2.75, 3.05) is 14.2 Å². The molecule has 1 saturated heterocycles. The zero-order chi connectivity index (χ0) is 27.8. The maximum atomic E-state index is 13.8. The van der Waals surface area contributed by atoms with E-state index in [2.05, 4.69) is 41.3 Å². The molecule has 1 aliphatic heterocycles. The third-order valence-electron chi connectivity index (χ3n) is 7.97. The van der Waals surface area contributed by atoms with Crippen molar-refractivity contribution < 1.29 is 19.0 Å². The average Bonchev–Trinajstić information content (AvgIpc) is 3.02. The van der Waals surface area contributed by atoms with Gasteiger partial charge in [-0.2, -0.15) is 0 Å². The highest BCUT2D eigenvalue weighted by molar-refractivity contribution is 5.90. The van der Waals surface area contributed by atoms with E-state index in [-0.39, 0.29) is 5.91 Å². The summed E-state index contributed by atoms with van der Waals surface area (Å²) >= 11 is 0. The first-order valence-electron chi connectivity index (χ1n) is 13.9. The quantitative estimate of drug-likeness (QED) is 0.180. The lowest BCUT2D eigenvalue weighted by Crippen LogP contribution is -2.74. The molecule has 40 heavy (non-hydrogen) atoms. The fourth-order valence-electron chi connectivity index (χ4n) is 5.61. The Balaban J connectivity index is 1.44. The Labute approximate surface area is 237 Å². The second kappa shape index (κ2) is 12.8. The van der Waals surface area contributed by atoms with Gasteiger partial charge in [0.15, 0.2) is 6.10 Å². The highest BCUT2D eigenvalue weighted by atomic mass is 16.5. The van der Waals surface area contributed by atoms with Gasteiger partial charge in [-0.15, -0.1) is 0 Å². The predicted octanol–water partition coefficient (Wildman–Crippen LogP) is 6.64. The number of benzene rings is 4. The fraction of sp³-hybridized carbons (Fsp3) is 0.286. The molecule has 1 fully saturated rings. The second-order valence-corrected chi connectivity index (χ2v) is 10.4. The Morgan fingerprint density at radius 1 is 0.625 bits per heavy atom. The first-order chi connectivity index (χ1) is 19.6. The summed E-state index contributed by atoms with van der Waals surface area (Å²) in [7, 11) is 3.34. The number of methoxy groups -OCH3 is 2.